The van der Waals surface area contributed by atoms with E-state index in [0.717, 1.165) is 22.1 Å². The highest BCUT2D eigenvalue weighted by Crippen LogP contribution is 2.22. The molecule has 4 nitrogen and oxygen atoms in total. The van der Waals surface area contributed by atoms with Gasteiger partial charge in [-0.25, -0.2) is 4.98 Å². The molecule has 1 N–H and O–H groups in total. The standard InChI is InChI=1S/C11H13N3OS/c1-14(7-9-3-2-4-12-5-9)11-13-6-10(8-15)16-11/h2-6,15H,7-8H2,1H3. The Balaban J connectivity index is 2.05. The van der Waals surface area contributed by atoms with Crippen molar-refractivity contribution >= 4 is 16.5 Å². The van der Waals surface area contributed by atoms with Gasteiger partial charge in [0, 0.05) is 32.2 Å². The van der Waals surface area contributed by atoms with E-state index in [2.05, 4.69) is 9.97 Å². The molecular formula is C11H13N3OS. The average Bonchev–Trinajstić information content (AvgIpc) is 2.79. The molecule has 0 aliphatic carbocycles. The first kappa shape index (κ1) is 11.0. The van der Waals surface area contributed by atoms with Crippen molar-refractivity contribution in [3.8, 4) is 0 Å². The Bertz CT molecular complexity index is 444. The van der Waals surface area contributed by atoms with E-state index >= 15 is 0 Å². The van der Waals surface area contributed by atoms with E-state index in [-0.39, 0.29) is 6.61 Å². The van der Waals surface area contributed by atoms with Crippen molar-refractivity contribution in [1.29, 1.82) is 0 Å². The largest absolute Gasteiger partial charge is 0.391 e. The number of aliphatic hydroxyl groups is 1. The van der Waals surface area contributed by atoms with E-state index in [1.54, 1.807) is 12.4 Å². The lowest BCUT2D eigenvalue weighted by atomic mass is 10.3. The third-order valence-electron chi connectivity index (χ3n) is 2.17. The summed E-state index contributed by atoms with van der Waals surface area (Å²) < 4.78 is 0. The van der Waals surface area contributed by atoms with Crippen LogP contribution in [0.15, 0.2) is 30.7 Å². The van der Waals surface area contributed by atoms with Crippen molar-refractivity contribution in [3.63, 3.8) is 0 Å². The summed E-state index contributed by atoms with van der Waals surface area (Å²) in [5.41, 5.74) is 1.14. The van der Waals surface area contributed by atoms with Gasteiger partial charge >= 0.3 is 0 Å². The molecule has 2 rings (SSSR count). The Morgan fingerprint density at radius 2 is 2.31 bits per heavy atom. The van der Waals surface area contributed by atoms with Gasteiger partial charge < -0.3 is 10.0 Å². The first-order chi connectivity index (χ1) is 7.79. The molecule has 0 saturated carbocycles. The van der Waals surface area contributed by atoms with Gasteiger partial charge in [0.15, 0.2) is 5.13 Å². The number of aliphatic hydroxyl groups excluding tert-OH is 1. The maximum atomic E-state index is 8.96. The van der Waals surface area contributed by atoms with E-state index in [1.807, 2.05) is 30.3 Å². The number of hydrogen-bond donors (Lipinski definition) is 1. The van der Waals surface area contributed by atoms with Crippen molar-refractivity contribution in [1.82, 2.24) is 9.97 Å². The third kappa shape index (κ3) is 2.56. The Kier molecular flexibility index (Phi) is 3.48. The minimum atomic E-state index is 0.0540. The quantitative estimate of drug-likeness (QED) is 0.875. The summed E-state index contributed by atoms with van der Waals surface area (Å²) in [6.07, 6.45) is 5.31. The van der Waals surface area contributed by atoms with E-state index in [0.29, 0.717) is 0 Å². The fourth-order valence-electron chi connectivity index (χ4n) is 1.38. The van der Waals surface area contributed by atoms with E-state index in [4.69, 9.17) is 5.11 Å². The van der Waals surface area contributed by atoms with Gasteiger partial charge in [-0.05, 0) is 11.6 Å². The lowest BCUT2D eigenvalue weighted by Crippen LogP contribution is -2.15. The summed E-state index contributed by atoms with van der Waals surface area (Å²) in [6, 6.07) is 3.95. The van der Waals surface area contributed by atoms with Crippen LogP contribution in [0, 0.1) is 0 Å². The summed E-state index contributed by atoms with van der Waals surface area (Å²) in [7, 11) is 1.98. The van der Waals surface area contributed by atoms with E-state index in [1.165, 1.54) is 11.3 Å². The highest BCUT2D eigenvalue weighted by molar-refractivity contribution is 7.15. The van der Waals surface area contributed by atoms with Crippen LogP contribution in [0.1, 0.15) is 10.4 Å². The first-order valence-corrected chi connectivity index (χ1v) is 5.77. The molecule has 0 saturated heterocycles. The van der Waals surface area contributed by atoms with Crippen LogP contribution >= 0.6 is 11.3 Å². The van der Waals surface area contributed by atoms with Crippen molar-refractivity contribution in [2.45, 2.75) is 13.2 Å². The van der Waals surface area contributed by atoms with Crippen LogP contribution in [0.2, 0.25) is 0 Å². The smallest absolute Gasteiger partial charge is 0.185 e. The number of aromatic nitrogens is 2. The van der Waals surface area contributed by atoms with Gasteiger partial charge in [-0.1, -0.05) is 17.4 Å². The molecule has 2 heterocycles. The number of anilines is 1. The van der Waals surface area contributed by atoms with Crippen LogP contribution in [0.4, 0.5) is 5.13 Å². The summed E-state index contributed by atoms with van der Waals surface area (Å²) in [5, 5.41) is 9.87. The Labute approximate surface area is 98.2 Å². The minimum Gasteiger partial charge on any atom is -0.391 e. The van der Waals surface area contributed by atoms with Crippen LogP contribution in [-0.4, -0.2) is 22.1 Å². The second-order valence-electron chi connectivity index (χ2n) is 3.48. The van der Waals surface area contributed by atoms with Gasteiger partial charge in [0.2, 0.25) is 0 Å². The molecule has 5 heteroatoms. The zero-order chi connectivity index (χ0) is 11.4. The van der Waals surface area contributed by atoms with Crippen molar-refractivity contribution in [2.24, 2.45) is 0 Å². The number of hydrogen-bond acceptors (Lipinski definition) is 5. The zero-order valence-corrected chi connectivity index (χ0v) is 9.81. The van der Waals surface area contributed by atoms with Gasteiger partial charge in [0.25, 0.3) is 0 Å². The second kappa shape index (κ2) is 5.05. The van der Waals surface area contributed by atoms with Crippen LogP contribution in [0.3, 0.4) is 0 Å². The normalized spacial score (nSPS) is 10.4. The predicted molar refractivity (Wildman–Crippen MR) is 64.4 cm³/mol. The van der Waals surface area contributed by atoms with Gasteiger partial charge in [-0.3, -0.25) is 4.98 Å². The Morgan fingerprint density at radius 3 is 2.94 bits per heavy atom. The van der Waals surface area contributed by atoms with Crippen LogP contribution in [-0.2, 0) is 13.2 Å². The van der Waals surface area contributed by atoms with Gasteiger partial charge in [-0.15, -0.1) is 0 Å². The summed E-state index contributed by atoms with van der Waals surface area (Å²) in [4.78, 5) is 11.2. The van der Waals surface area contributed by atoms with Gasteiger partial charge in [0.1, 0.15) is 0 Å². The lowest BCUT2D eigenvalue weighted by molar-refractivity contribution is 0.285. The molecule has 16 heavy (non-hydrogen) atoms. The SMILES string of the molecule is CN(Cc1cccnc1)c1ncc(CO)s1. The number of nitrogens with zero attached hydrogens (tertiary/aromatic N) is 3. The van der Waals surface area contributed by atoms with Crippen LogP contribution < -0.4 is 4.90 Å². The molecule has 0 radical (unpaired) electrons. The monoisotopic (exact) mass is 235 g/mol. The molecular weight excluding hydrogens is 222 g/mol. The third-order valence-corrected chi connectivity index (χ3v) is 3.26. The molecule has 2 aromatic rings. The first-order valence-electron chi connectivity index (χ1n) is 4.95. The number of pyridine rings is 1. The van der Waals surface area contributed by atoms with Gasteiger partial charge in [-0.2, -0.15) is 0 Å². The molecule has 0 unspecified atom stereocenters. The predicted octanol–water partition coefficient (Wildman–Crippen LogP) is 1.67. The van der Waals surface area contributed by atoms with Crippen LogP contribution in [0.5, 0.6) is 0 Å². The molecule has 0 aliphatic rings. The summed E-state index contributed by atoms with van der Waals surface area (Å²) >= 11 is 1.50. The maximum absolute atomic E-state index is 8.96. The number of rotatable bonds is 4. The Morgan fingerprint density at radius 1 is 1.44 bits per heavy atom. The van der Waals surface area contributed by atoms with E-state index < -0.39 is 0 Å². The molecule has 0 atom stereocenters. The lowest BCUT2D eigenvalue weighted by Gasteiger charge is -2.15. The van der Waals surface area contributed by atoms with Crippen molar-refractivity contribution < 1.29 is 5.11 Å². The molecule has 0 spiro atoms. The zero-order valence-electron chi connectivity index (χ0n) is 9.00. The van der Waals surface area contributed by atoms with Crippen LogP contribution in [0.25, 0.3) is 0 Å². The fourth-order valence-corrected chi connectivity index (χ4v) is 2.11. The summed E-state index contributed by atoms with van der Waals surface area (Å²) in [6.45, 7) is 0.824. The molecule has 0 fully saturated rings. The highest BCUT2D eigenvalue weighted by Gasteiger charge is 2.06. The molecule has 0 aromatic carbocycles. The molecule has 2 aromatic heterocycles. The highest BCUT2D eigenvalue weighted by atomic mass is 32.1. The van der Waals surface area contributed by atoms with Gasteiger partial charge in [0.05, 0.1) is 11.5 Å². The summed E-state index contributed by atoms with van der Waals surface area (Å²) in [5.74, 6) is 0. The maximum Gasteiger partial charge on any atom is 0.185 e. The van der Waals surface area contributed by atoms with E-state index in [9.17, 15) is 0 Å². The molecule has 0 bridgehead atoms. The van der Waals surface area contributed by atoms with Crippen molar-refractivity contribution in [3.05, 3.63) is 41.2 Å². The average molecular weight is 235 g/mol. The molecule has 0 aliphatic heterocycles. The molecule has 0 amide bonds. The molecule has 84 valence electrons. The Hall–Kier alpha value is -1.46. The fraction of sp³-hybridized carbons (Fsp3) is 0.273. The second-order valence-corrected chi connectivity index (χ2v) is 4.58. The topological polar surface area (TPSA) is 49.2 Å². The minimum absolute atomic E-state index is 0.0540. The number of thiazole rings is 1. The van der Waals surface area contributed by atoms with Crippen molar-refractivity contribution in [2.75, 3.05) is 11.9 Å².